The van der Waals surface area contributed by atoms with E-state index >= 15 is 0 Å². The minimum atomic E-state index is -0.0835. The third kappa shape index (κ3) is 3.93. The Hall–Kier alpha value is -0.610. The molecule has 2 rings (SSSR count). The minimum Gasteiger partial charge on any atom is -0.381 e. The zero-order valence-electron chi connectivity index (χ0n) is 12.2. The van der Waals surface area contributed by atoms with Gasteiger partial charge >= 0.3 is 0 Å². The second-order valence-electron chi connectivity index (χ2n) is 6.66. The maximum atomic E-state index is 12.3. The van der Waals surface area contributed by atoms with Crippen molar-refractivity contribution in [3.8, 4) is 0 Å². The van der Waals surface area contributed by atoms with E-state index in [1.807, 2.05) is 0 Å². The number of hydrogen-bond acceptors (Lipinski definition) is 3. The van der Waals surface area contributed by atoms with Crippen LogP contribution in [0.4, 0.5) is 0 Å². The van der Waals surface area contributed by atoms with E-state index in [9.17, 15) is 4.79 Å². The van der Waals surface area contributed by atoms with Crippen LogP contribution in [0.1, 0.15) is 58.3 Å². The summed E-state index contributed by atoms with van der Waals surface area (Å²) in [6.45, 7) is 4.27. The molecule has 0 bridgehead atoms. The van der Waals surface area contributed by atoms with Gasteiger partial charge in [0.2, 0.25) is 5.91 Å². The Morgan fingerprint density at radius 1 is 1.16 bits per heavy atom. The number of nitrogens with one attached hydrogen (secondary N) is 1. The molecule has 1 aliphatic carbocycles. The molecule has 1 aliphatic heterocycles. The van der Waals surface area contributed by atoms with Crippen molar-refractivity contribution in [1.29, 1.82) is 0 Å². The second kappa shape index (κ2) is 6.23. The standard InChI is InChI=1S/C15H28N2O2/c1-14(7-9-19-10-8-14)17-13(18)11-15(12-16)5-3-2-4-6-15/h2-12,16H2,1H3,(H,17,18). The fourth-order valence-corrected chi connectivity index (χ4v) is 3.42. The normalized spacial score (nSPS) is 25.8. The highest BCUT2D eigenvalue weighted by Gasteiger charge is 2.35. The summed E-state index contributed by atoms with van der Waals surface area (Å²) in [7, 11) is 0. The van der Waals surface area contributed by atoms with Gasteiger partial charge in [0.05, 0.1) is 0 Å². The average molecular weight is 268 g/mol. The van der Waals surface area contributed by atoms with Crippen molar-refractivity contribution < 1.29 is 9.53 Å². The first-order chi connectivity index (χ1) is 9.08. The fraction of sp³-hybridized carbons (Fsp3) is 0.933. The van der Waals surface area contributed by atoms with Gasteiger partial charge in [0.25, 0.3) is 0 Å². The Labute approximate surface area is 116 Å². The van der Waals surface area contributed by atoms with E-state index in [0.29, 0.717) is 13.0 Å². The summed E-state index contributed by atoms with van der Waals surface area (Å²) in [4.78, 5) is 12.3. The maximum Gasteiger partial charge on any atom is 0.221 e. The van der Waals surface area contributed by atoms with E-state index in [0.717, 1.165) is 38.9 Å². The van der Waals surface area contributed by atoms with Crippen LogP contribution >= 0.6 is 0 Å². The van der Waals surface area contributed by atoms with Crippen molar-refractivity contribution in [2.45, 2.75) is 63.8 Å². The molecule has 19 heavy (non-hydrogen) atoms. The third-order valence-corrected chi connectivity index (χ3v) is 4.92. The van der Waals surface area contributed by atoms with Gasteiger partial charge in [-0.2, -0.15) is 0 Å². The van der Waals surface area contributed by atoms with Crippen molar-refractivity contribution in [2.24, 2.45) is 11.1 Å². The minimum absolute atomic E-state index is 0.0594. The van der Waals surface area contributed by atoms with E-state index in [-0.39, 0.29) is 16.9 Å². The molecule has 2 aliphatic rings. The van der Waals surface area contributed by atoms with Gasteiger partial charge in [0, 0.05) is 25.2 Å². The Morgan fingerprint density at radius 3 is 2.37 bits per heavy atom. The molecule has 1 saturated heterocycles. The molecule has 110 valence electrons. The molecule has 0 spiro atoms. The van der Waals surface area contributed by atoms with E-state index in [1.165, 1.54) is 19.3 Å². The van der Waals surface area contributed by atoms with Crippen molar-refractivity contribution >= 4 is 5.91 Å². The number of amides is 1. The molecule has 0 atom stereocenters. The highest BCUT2D eigenvalue weighted by molar-refractivity contribution is 5.77. The summed E-state index contributed by atoms with van der Waals surface area (Å²) in [6, 6.07) is 0. The van der Waals surface area contributed by atoms with Crippen LogP contribution in [0.25, 0.3) is 0 Å². The smallest absolute Gasteiger partial charge is 0.221 e. The Kier molecular flexibility index (Phi) is 4.85. The topological polar surface area (TPSA) is 64.4 Å². The summed E-state index contributed by atoms with van der Waals surface area (Å²) in [5, 5.41) is 3.23. The monoisotopic (exact) mass is 268 g/mol. The fourth-order valence-electron chi connectivity index (χ4n) is 3.42. The Morgan fingerprint density at radius 2 is 1.79 bits per heavy atom. The molecule has 4 heteroatoms. The van der Waals surface area contributed by atoms with Crippen molar-refractivity contribution in [3.05, 3.63) is 0 Å². The molecule has 1 amide bonds. The lowest BCUT2D eigenvalue weighted by atomic mass is 9.71. The number of ether oxygens (including phenoxy) is 1. The highest BCUT2D eigenvalue weighted by atomic mass is 16.5. The summed E-state index contributed by atoms with van der Waals surface area (Å²) in [5.74, 6) is 0.178. The molecule has 1 heterocycles. The van der Waals surface area contributed by atoms with Crippen LogP contribution in [0, 0.1) is 5.41 Å². The molecule has 0 aromatic carbocycles. The van der Waals surface area contributed by atoms with Crippen molar-refractivity contribution in [3.63, 3.8) is 0 Å². The SMILES string of the molecule is CC1(NC(=O)CC2(CN)CCCCC2)CCOCC1. The molecule has 0 aromatic rings. The number of rotatable bonds is 4. The summed E-state index contributed by atoms with van der Waals surface area (Å²) >= 11 is 0. The lowest BCUT2D eigenvalue weighted by molar-refractivity contribution is -0.126. The van der Waals surface area contributed by atoms with Crippen molar-refractivity contribution in [2.75, 3.05) is 19.8 Å². The lowest BCUT2D eigenvalue weighted by Gasteiger charge is -2.39. The van der Waals surface area contributed by atoms with Gasteiger partial charge in [0.1, 0.15) is 0 Å². The molecular formula is C15H28N2O2. The number of hydrogen-bond donors (Lipinski definition) is 2. The molecule has 3 N–H and O–H groups in total. The predicted molar refractivity (Wildman–Crippen MR) is 75.8 cm³/mol. The molecule has 0 radical (unpaired) electrons. The first kappa shape index (κ1) is 14.8. The summed E-state index contributed by atoms with van der Waals surface area (Å²) in [5.41, 5.74) is 5.93. The van der Waals surface area contributed by atoms with Crippen LogP contribution in [0.3, 0.4) is 0 Å². The zero-order valence-corrected chi connectivity index (χ0v) is 12.2. The molecule has 1 saturated carbocycles. The Balaban J connectivity index is 1.88. The Bertz CT molecular complexity index is 305. The molecule has 2 fully saturated rings. The first-order valence-corrected chi connectivity index (χ1v) is 7.66. The summed E-state index contributed by atoms with van der Waals surface area (Å²) in [6.07, 6.45) is 8.36. The summed E-state index contributed by atoms with van der Waals surface area (Å²) < 4.78 is 5.37. The van der Waals surface area contributed by atoms with Gasteiger partial charge in [-0.25, -0.2) is 0 Å². The molecule has 0 unspecified atom stereocenters. The van der Waals surface area contributed by atoms with Gasteiger partial charge < -0.3 is 15.8 Å². The van der Waals surface area contributed by atoms with Crippen LogP contribution in [0.5, 0.6) is 0 Å². The van der Waals surface area contributed by atoms with Gasteiger partial charge in [-0.15, -0.1) is 0 Å². The van der Waals surface area contributed by atoms with E-state index in [4.69, 9.17) is 10.5 Å². The van der Waals surface area contributed by atoms with Crippen LogP contribution in [-0.2, 0) is 9.53 Å². The van der Waals surface area contributed by atoms with Gasteiger partial charge in [-0.05, 0) is 44.6 Å². The van der Waals surface area contributed by atoms with Crippen LogP contribution in [-0.4, -0.2) is 31.2 Å². The lowest BCUT2D eigenvalue weighted by Crippen LogP contribution is -2.51. The van der Waals surface area contributed by atoms with Crippen molar-refractivity contribution in [1.82, 2.24) is 5.32 Å². The molecule has 0 aromatic heterocycles. The predicted octanol–water partition coefficient (Wildman–Crippen LogP) is 1.97. The van der Waals surface area contributed by atoms with E-state index < -0.39 is 0 Å². The number of nitrogens with two attached hydrogens (primary N) is 1. The van der Waals surface area contributed by atoms with Crippen LogP contribution in [0.15, 0.2) is 0 Å². The third-order valence-electron chi connectivity index (χ3n) is 4.92. The van der Waals surface area contributed by atoms with Gasteiger partial charge in [0.15, 0.2) is 0 Å². The largest absolute Gasteiger partial charge is 0.381 e. The first-order valence-electron chi connectivity index (χ1n) is 7.66. The second-order valence-corrected chi connectivity index (χ2v) is 6.66. The molecule has 4 nitrogen and oxygen atoms in total. The quantitative estimate of drug-likeness (QED) is 0.819. The van der Waals surface area contributed by atoms with Gasteiger partial charge in [-0.3, -0.25) is 4.79 Å². The zero-order chi connectivity index (χ0) is 13.8. The van der Waals surface area contributed by atoms with Crippen LogP contribution in [0.2, 0.25) is 0 Å². The maximum absolute atomic E-state index is 12.3. The van der Waals surface area contributed by atoms with E-state index in [1.54, 1.807) is 0 Å². The number of carbonyl (C=O) groups excluding carboxylic acids is 1. The van der Waals surface area contributed by atoms with Gasteiger partial charge in [-0.1, -0.05) is 19.3 Å². The highest BCUT2D eigenvalue weighted by Crippen LogP contribution is 2.38. The molecular weight excluding hydrogens is 240 g/mol. The van der Waals surface area contributed by atoms with E-state index in [2.05, 4.69) is 12.2 Å². The average Bonchev–Trinajstić information content (AvgIpc) is 2.39. The van der Waals surface area contributed by atoms with Crippen LogP contribution < -0.4 is 11.1 Å². The number of carbonyl (C=O) groups is 1.